The van der Waals surface area contributed by atoms with Crippen LogP contribution in [0.3, 0.4) is 0 Å². The van der Waals surface area contributed by atoms with Crippen LogP contribution in [0.15, 0.2) is 0 Å². The van der Waals surface area contributed by atoms with Crippen LogP contribution in [0.5, 0.6) is 0 Å². The van der Waals surface area contributed by atoms with E-state index in [4.69, 9.17) is 9.57 Å². The lowest BCUT2D eigenvalue weighted by Gasteiger charge is -2.32. The molecule has 0 aromatic heterocycles. The summed E-state index contributed by atoms with van der Waals surface area (Å²) in [7, 11) is 2.87. The molecule has 0 heterocycles. The molecule has 1 atom stereocenters. The van der Waals surface area contributed by atoms with Gasteiger partial charge in [0.15, 0.2) is 0 Å². The number of ketones is 1. The molecule has 0 saturated heterocycles. The maximum Gasteiger partial charge on any atom is 0.408 e. The maximum absolute atomic E-state index is 12.4. The van der Waals surface area contributed by atoms with Crippen LogP contribution in [0.2, 0.25) is 0 Å². The molecule has 0 unspecified atom stereocenters. The Hall–Kier alpha value is -1.63. The van der Waals surface area contributed by atoms with Gasteiger partial charge in [-0.2, -0.15) is 0 Å². The average molecular weight is 314 g/mol. The lowest BCUT2D eigenvalue weighted by molar-refractivity contribution is -0.172. The van der Waals surface area contributed by atoms with Crippen molar-refractivity contribution in [2.45, 2.75) is 58.1 Å². The summed E-state index contributed by atoms with van der Waals surface area (Å²) >= 11 is 0. The minimum absolute atomic E-state index is 0.102. The van der Waals surface area contributed by atoms with Crippen LogP contribution in [0.1, 0.15) is 46.5 Å². The summed E-state index contributed by atoms with van der Waals surface area (Å²) in [5, 5.41) is 3.71. The molecule has 1 rings (SSSR count). The first kappa shape index (κ1) is 18.4. The lowest BCUT2D eigenvalue weighted by atomic mass is 9.83. The van der Waals surface area contributed by atoms with Crippen LogP contribution in [0.25, 0.3) is 0 Å². The van der Waals surface area contributed by atoms with E-state index in [1.165, 1.54) is 14.2 Å². The third kappa shape index (κ3) is 5.63. The van der Waals surface area contributed by atoms with Crippen molar-refractivity contribution in [1.29, 1.82) is 0 Å². The third-order valence-electron chi connectivity index (χ3n) is 3.58. The number of amides is 2. The standard InChI is InChI=1S/C15H26N2O5/c1-15(2,3)22-14(20)16-12(13(19)17(4)21-5)10-6-8-11(18)9-7-10/h10,12H,6-9H2,1-5H3,(H,16,20)/t12-/m0/s1. The van der Waals surface area contributed by atoms with Gasteiger partial charge >= 0.3 is 6.09 Å². The molecule has 0 radical (unpaired) electrons. The van der Waals surface area contributed by atoms with Crippen molar-refractivity contribution in [2.75, 3.05) is 14.2 Å². The molecule has 126 valence electrons. The number of rotatable bonds is 4. The van der Waals surface area contributed by atoms with E-state index in [9.17, 15) is 14.4 Å². The average Bonchev–Trinajstić information content (AvgIpc) is 2.42. The summed E-state index contributed by atoms with van der Waals surface area (Å²) in [5.41, 5.74) is -0.645. The predicted octanol–water partition coefficient (Wildman–Crippen LogP) is 1.66. The molecule has 7 nitrogen and oxygen atoms in total. The molecule has 2 amide bonds. The highest BCUT2D eigenvalue weighted by atomic mass is 16.7. The topological polar surface area (TPSA) is 84.9 Å². The zero-order valence-electron chi connectivity index (χ0n) is 14.0. The Morgan fingerprint density at radius 2 is 1.82 bits per heavy atom. The number of nitrogens with one attached hydrogen (secondary N) is 1. The van der Waals surface area contributed by atoms with Crippen LogP contribution >= 0.6 is 0 Å². The van der Waals surface area contributed by atoms with E-state index < -0.39 is 17.7 Å². The molecule has 1 N–H and O–H groups in total. The summed E-state index contributed by atoms with van der Waals surface area (Å²) in [6, 6.07) is -0.757. The van der Waals surface area contributed by atoms with Crippen LogP contribution in [-0.2, 0) is 19.2 Å². The van der Waals surface area contributed by atoms with E-state index >= 15 is 0 Å². The van der Waals surface area contributed by atoms with Gasteiger partial charge in [0.1, 0.15) is 17.4 Å². The van der Waals surface area contributed by atoms with E-state index in [-0.39, 0.29) is 17.6 Å². The highest BCUT2D eigenvalue weighted by molar-refractivity contribution is 5.86. The van der Waals surface area contributed by atoms with Crippen molar-refractivity contribution in [1.82, 2.24) is 10.4 Å². The van der Waals surface area contributed by atoms with Gasteiger partial charge < -0.3 is 10.1 Å². The van der Waals surface area contributed by atoms with Crippen molar-refractivity contribution in [3.05, 3.63) is 0 Å². The van der Waals surface area contributed by atoms with Crippen LogP contribution in [0.4, 0.5) is 4.79 Å². The number of likely N-dealkylation sites (N-methyl/N-ethyl adjacent to an activating group) is 1. The van der Waals surface area contributed by atoms with Gasteiger partial charge in [-0.25, -0.2) is 9.86 Å². The molecule has 0 aromatic rings. The normalized spacial score (nSPS) is 17.8. The molecular weight excluding hydrogens is 288 g/mol. The largest absolute Gasteiger partial charge is 0.444 e. The first-order valence-electron chi connectivity index (χ1n) is 7.47. The first-order chi connectivity index (χ1) is 10.1. The number of ether oxygens (including phenoxy) is 1. The Morgan fingerprint density at radius 3 is 2.27 bits per heavy atom. The Bertz CT molecular complexity index is 420. The van der Waals surface area contributed by atoms with Gasteiger partial charge in [-0.3, -0.25) is 14.4 Å². The van der Waals surface area contributed by atoms with E-state index in [1.54, 1.807) is 20.8 Å². The SMILES string of the molecule is CON(C)C(=O)[C@@H](NC(=O)OC(C)(C)C)C1CCC(=O)CC1. The molecule has 0 spiro atoms. The number of carbonyl (C=O) groups is 3. The fraction of sp³-hybridized carbons (Fsp3) is 0.800. The molecule has 1 saturated carbocycles. The summed E-state index contributed by atoms with van der Waals surface area (Å²) in [4.78, 5) is 40.7. The molecule has 0 bridgehead atoms. The minimum Gasteiger partial charge on any atom is -0.444 e. The second kappa shape index (κ2) is 7.58. The second-order valence-electron chi connectivity index (χ2n) is 6.52. The molecule has 7 heteroatoms. The van der Waals surface area contributed by atoms with Crippen molar-refractivity contribution in [2.24, 2.45) is 5.92 Å². The third-order valence-corrected chi connectivity index (χ3v) is 3.58. The van der Waals surface area contributed by atoms with Gasteiger partial charge in [-0.05, 0) is 39.5 Å². The molecular formula is C15H26N2O5. The Morgan fingerprint density at radius 1 is 1.27 bits per heavy atom. The molecule has 1 aliphatic carbocycles. The summed E-state index contributed by atoms with van der Waals surface area (Å²) < 4.78 is 5.22. The molecule has 1 aliphatic rings. The van der Waals surface area contributed by atoms with Crippen molar-refractivity contribution >= 4 is 17.8 Å². The number of Topliss-reactive ketones (excluding diaryl/α,β-unsaturated/α-hetero) is 1. The van der Waals surface area contributed by atoms with Crippen LogP contribution in [0, 0.1) is 5.92 Å². The highest BCUT2D eigenvalue weighted by Gasteiger charge is 2.35. The van der Waals surface area contributed by atoms with E-state index in [0.717, 1.165) is 5.06 Å². The zero-order valence-corrected chi connectivity index (χ0v) is 14.0. The minimum atomic E-state index is -0.757. The van der Waals surface area contributed by atoms with E-state index in [2.05, 4.69) is 5.32 Å². The Kier molecular flexibility index (Phi) is 6.34. The van der Waals surface area contributed by atoms with Crippen LogP contribution in [-0.4, -0.2) is 48.6 Å². The van der Waals surface area contributed by atoms with Crippen LogP contribution < -0.4 is 5.32 Å². The zero-order chi connectivity index (χ0) is 16.9. The molecule has 1 fully saturated rings. The smallest absolute Gasteiger partial charge is 0.408 e. The number of carbonyl (C=O) groups excluding carboxylic acids is 3. The summed E-state index contributed by atoms with van der Waals surface area (Å²) in [6.45, 7) is 5.26. The van der Waals surface area contributed by atoms with Crippen molar-refractivity contribution in [3.63, 3.8) is 0 Å². The number of hydrogen-bond donors (Lipinski definition) is 1. The molecule has 0 aromatic carbocycles. The van der Waals surface area contributed by atoms with Gasteiger partial charge in [0.25, 0.3) is 5.91 Å². The van der Waals surface area contributed by atoms with Gasteiger partial charge in [-0.1, -0.05) is 0 Å². The molecule has 0 aliphatic heterocycles. The fourth-order valence-corrected chi connectivity index (χ4v) is 2.40. The number of nitrogens with zero attached hydrogens (tertiary/aromatic N) is 1. The van der Waals surface area contributed by atoms with Crippen molar-refractivity contribution in [3.8, 4) is 0 Å². The maximum atomic E-state index is 12.4. The molecule has 22 heavy (non-hydrogen) atoms. The van der Waals surface area contributed by atoms with Crippen molar-refractivity contribution < 1.29 is 24.0 Å². The van der Waals surface area contributed by atoms with E-state index in [1.807, 2.05) is 0 Å². The van der Waals surface area contributed by atoms with Gasteiger partial charge in [-0.15, -0.1) is 0 Å². The van der Waals surface area contributed by atoms with Gasteiger partial charge in [0, 0.05) is 19.9 Å². The number of hydroxylamine groups is 2. The predicted molar refractivity (Wildman–Crippen MR) is 79.9 cm³/mol. The Balaban J connectivity index is 2.80. The Labute approximate surface area is 131 Å². The van der Waals surface area contributed by atoms with Gasteiger partial charge in [0.2, 0.25) is 0 Å². The fourth-order valence-electron chi connectivity index (χ4n) is 2.40. The second-order valence-corrected chi connectivity index (χ2v) is 6.52. The first-order valence-corrected chi connectivity index (χ1v) is 7.47. The number of hydrogen-bond acceptors (Lipinski definition) is 5. The summed E-state index contributed by atoms with van der Waals surface area (Å²) in [6.07, 6.45) is 1.36. The quantitative estimate of drug-likeness (QED) is 0.798. The number of alkyl carbamates (subject to hydrolysis) is 1. The highest BCUT2D eigenvalue weighted by Crippen LogP contribution is 2.26. The lowest BCUT2D eigenvalue weighted by Crippen LogP contribution is -2.52. The van der Waals surface area contributed by atoms with E-state index in [0.29, 0.717) is 25.7 Å². The van der Waals surface area contributed by atoms with Gasteiger partial charge in [0.05, 0.1) is 7.11 Å². The monoisotopic (exact) mass is 314 g/mol. The summed E-state index contributed by atoms with van der Waals surface area (Å²) in [5.74, 6) is -0.261.